The van der Waals surface area contributed by atoms with Crippen LogP contribution in [0, 0.1) is 5.92 Å². The lowest BCUT2D eigenvalue weighted by atomic mass is 9.82. The minimum absolute atomic E-state index is 0.632. The fourth-order valence-corrected chi connectivity index (χ4v) is 4.21. The molecule has 1 aromatic carbocycles. The van der Waals surface area contributed by atoms with Gasteiger partial charge in [-0.25, -0.2) is 0 Å². The van der Waals surface area contributed by atoms with Crippen LogP contribution in [0.5, 0.6) is 0 Å². The first-order valence-electron chi connectivity index (χ1n) is 6.20. The summed E-state index contributed by atoms with van der Waals surface area (Å²) in [5.74, 6) is -0.0139. The van der Waals surface area contributed by atoms with Crippen molar-refractivity contribution in [2.75, 3.05) is 0 Å². The van der Waals surface area contributed by atoms with Gasteiger partial charge in [-0.1, -0.05) is 28.9 Å². The van der Waals surface area contributed by atoms with Crippen LogP contribution in [0.4, 0.5) is 0 Å². The Morgan fingerprint density at radius 1 is 1.44 bits per heavy atom. The summed E-state index contributed by atoms with van der Waals surface area (Å²) >= 11 is 4.94. The number of carbonyl (C=O) groups is 1. The largest absolute Gasteiger partial charge is 0.480 e. The van der Waals surface area contributed by atoms with Gasteiger partial charge in [-0.05, 0) is 49.8 Å². The number of carboxylic acids is 1. The Kier molecular flexibility index (Phi) is 4.38. The molecule has 2 nitrogen and oxygen atoms in total. The average molecular weight is 329 g/mol. The number of hydrogen-bond acceptors (Lipinski definition) is 2. The zero-order chi connectivity index (χ0) is 13.2. The normalized spacial score (nSPS) is 28.0. The molecule has 0 heterocycles. The van der Waals surface area contributed by atoms with E-state index in [4.69, 9.17) is 0 Å². The van der Waals surface area contributed by atoms with E-state index in [1.165, 1.54) is 11.8 Å². The quantitative estimate of drug-likeness (QED) is 0.882. The molecule has 2 rings (SSSR count). The Morgan fingerprint density at radius 3 is 2.67 bits per heavy atom. The van der Waals surface area contributed by atoms with Gasteiger partial charge in [-0.15, -0.1) is 11.8 Å². The molecule has 4 heteroatoms. The lowest BCUT2D eigenvalue weighted by molar-refractivity contribution is -0.141. The number of hydrogen-bond donors (Lipinski definition) is 1. The van der Waals surface area contributed by atoms with E-state index in [2.05, 4.69) is 22.9 Å². The van der Waals surface area contributed by atoms with Crippen molar-refractivity contribution in [3.8, 4) is 0 Å². The van der Waals surface area contributed by atoms with Crippen LogP contribution in [0.1, 0.15) is 32.6 Å². The van der Waals surface area contributed by atoms with Gasteiger partial charge in [0.25, 0.3) is 0 Å². The van der Waals surface area contributed by atoms with Crippen molar-refractivity contribution in [2.24, 2.45) is 5.92 Å². The molecule has 18 heavy (non-hydrogen) atoms. The SMILES string of the molecule is CC1CCC(Sc2cccc(Br)c2)(C(=O)O)CC1. The molecule has 1 saturated carbocycles. The second-order valence-corrected chi connectivity index (χ2v) is 7.41. The standard InChI is InChI=1S/C14H17BrO2S/c1-10-5-7-14(8-6-10,13(16)17)18-12-4-2-3-11(15)9-12/h2-4,9-10H,5-8H2,1H3,(H,16,17). The monoisotopic (exact) mass is 328 g/mol. The van der Waals surface area contributed by atoms with Gasteiger partial charge in [-0.2, -0.15) is 0 Å². The molecule has 0 aromatic heterocycles. The fraction of sp³-hybridized carbons (Fsp3) is 0.500. The van der Waals surface area contributed by atoms with E-state index in [-0.39, 0.29) is 0 Å². The summed E-state index contributed by atoms with van der Waals surface area (Å²) in [6.07, 6.45) is 3.54. The maximum Gasteiger partial charge on any atom is 0.320 e. The van der Waals surface area contributed by atoms with Crippen molar-refractivity contribution >= 4 is 33.7 Å². The molecule has 0 bridgehead atoms. The summed E-state index contributed by atoms with van der Waals surface area (Å²) in [6, 6.07) is 7.89. The van der Waals surface area contributed by atoms with Gasteiger partial charge in [-0.3, -0.25) is 4.79 Å². The second-order valence-electron chi connectivity index (χ2n) is 5.04. The predicted molar refractivity (Wildman–Crippen MR) is 78.0 cm³/mol. The highest BCUT2D eigenvalue weighted by atomic mass is 79.9. The molecule has 0 aliphatic heterocycles. The van der Waals surface area contributed by atoms with E-state index in [9.17, 15) is 9.90 Å². The van der Waals surface area contributed by atoms with Crippen LogP contribution in [-0.4, -0.2) is 15.8 Å². The number of carboxylic acid groups (broad SMARTS) is 1. The van der Waals surface area contributed by atoms with Crippen molar-refractivity contribution in [3.05, 3.63) is 28.7 Å². The Balaban J connectivity index is 2.19. The second kappa shape index (κ2) is 5.66. The van der Waals surface area contributed by atoms with Gasteiger partial charge in [0.2, 0.25) is 0 Å². The zero-order valence-corrected chi connectivity index (χ0v) is 12.8. The smallest absolute Gasteiger partial charge is 0.320 e. The molecule has 0 saturated heterocycles. The van der Waals surface area contributed by atoms with Gasteiger partial charge in [0.15, 0.2) is 0 Å². The van der Waals surface area contributed by atoms with E-state index < -0.39 is 10.7 Å². The minimum atomic E-state index is -0.667. The molecule has 0 atom stereocenters. The number of aliphatic carboxylic acids is 1. The van der Waals surface area contributed by atoms with E-state index >= 15 is 0 Å². The average Bonchev–Trinajstić information content (AvgIpc) is 2.32. The van der Waals surface area contributed by atoms with Crippen LogP contribution in [0.3, 0.4) is 0 Å². The molecule has 1 N–H and O–H groups in total. The Hall–Kier alpha value is -0.480. The predicted octanol–water partition coefficient (Wildman–Crippen LogP) is 4.57. The van der Waals surface area contributed by atoms with E-state index in [0.29, 0.717) is 5.92 Å². The van der Waals surface area contributed by atoms with Crippen LogP contribution in [-0.2, 0) is 4.79 Å². The summed E-state index contributed by atoms with van der Waals surface area (Å²) < 4.78 is 0.366. The van der Waals surface area contributed by atoms with E-state index in [1.807, 2.05) is 24.3 Å². The Labute approximate surface area is 120 Å². The molecule has 1 aliphatic carbocycles. The van der Waals surface area contributed by atoms with Crippen LogP contribution < -0.4 is 0 Å². The summed E-state index contributed by atoms with van der Waals surface area (Å²) in [5, 5.41) is 9.57. The highest BCUT2D eigenvalue weighted by Crippen LogP contribution is 2.45. The summed E-state index contributed by atoms with van der Waals surface area (Å²) in [5.41, 5.74) is 0. The van der Waals surface area contributed by atoms with Crippen LogP contribution in [0.15, 0.2) is 33.6 Å². The third kappa shape index (κ3) is 3.09. The fourth-order valence-electron chi connectivity index (χ4n) is 2.34. The maximum absolute atomic E-state index is 11.6. The number of halogens is 1. The Bertz CT molecular complexity index is 439. The Morgan fingerprint density at radius 2 is 2.11 bits per heavy atom. The van der Waals surface area contributed by atoms with E-state index in [1.54, 1.807) is 0 Å². The zero-order valence-electron chi connectivity index (χ0n) is 10.4. The molecule has 0 amide bonds. The van der Waals surface area contributed by atoms with Crippen molar-refractivity contribution in [2.45, 2.75) is 42.2 Å². The van der Waals surface area contributed by atoms with Gasteiger partial charge in [0, 0.05) is 9.37 Å². The van der Waals surface area contributed by atoms with Crippen LogP contribution >= 0.6 is 27.7 Å². The minimum Gasteiger partial charge on any atom is -0.480 e. The van der Waals surface area contributed by atoms with Gasteiger partial charge < -0.3 is 5.11 Å². The number of benzene rings is 1. The molecule has 0 unspecified atom stereocenters. The number of rotatable bonds is 3. The summed E-state index contributed by atoms with van der Waals surface area (Å²) in [4.78, 5) is 12.7. The highest BCUT2D eigenvalue weighted by molar-refractivity contribution is 9.10. The topological polar surface area (TPSA) is 37.3 Å². The van der Waals surface area contributed by atoms with Gasteiger partial charge in [0.05, 0.1) is 0 Å². The molecule has 1 fully saturated rings. The van der Waals surface area contributed by atoms with Crippen molar-refractivity contribution in [1.82, 2.24) is 0 Å². The molecule has 1 aromatic rings. The van der Waals surface area contributed by atoms with Crippen molar-refractivity contribution in [3.63, 3.8) is 0 Å². The maximum atomic E-state index is 11.6. The molecular formula is C14H17BrO2S. The third-order valence-electron chi connectivity index (χ3n) is 3.58. The third-order valence-corrected chi connectivity index (χ3v) is 5.54. The van der Waals surface area contributed by atoms with Gasteiger partial charge >= 0.3 is 5.97 Å². The van der Waals surface area contributed by atoms with Crippen molar-refractivity contribution in [1.29, 1.82) is 0 Å². The molecule has 0 radical (unpaired) electrons. The summed E-state index contributed by atoms with van der Waals surface area (Å²) in [6.45, 7) is 2.20. The molecule has 0 spiro atoms. The summed E-state index contributed by atoms with van der Waals surface area (Å²) in [7, 11) is 0. The van der Waals surface area contributed by atoms with Crippen molar-refractivity contribution < 1.29 is 9.90 Å². The number of thioether (sulfide) groups is 1. The highest BCUT2D eigenvalue weighted by Gasteiger charge is 2.42. The lowest BCUT2D eigenvalue weighted by Gasteiger charge is -2.35. The lowest BCUT2D eigenvalue weighted by Crippen LogP contribution is -2.38. The van der Waals surface area contributed by atoms with Crippen LogP contribution in [0.2, 0.25) is 0 Å². The van der Waals surface area contributed by atoms with Crippen LogP contribution in [0.25, 0.3) is 0 Å². The molecular weight excluding hydrogens is 312 g/mol. The molecule has 1 aliphatic rings. The first-order valence-corrected chi connectivity index (χ1v) is 7.81. The van der Waals surface area contributed by atoms with Gasteiger partial charge in [0.1, 0.15) is 4.75 Å². The van der Waals surface area contributed by atoms with E-state index in [0.717, 1.165) is 35.1 Å². The first-order chi connectivity index (χ1) is 8.52. The first kappa shape index (κ1) is 13.9. The molecule has 98 valence electrons.